The molecule has 2 fully saturated rings. The van der Waals surface area contributed by atoms with Crippen LogP contribution in [0.5, 0.6) is 0 Å². The van der Waals surface area contributed by atoms with Gasteiger partial charge in [-0.2, -0.15) is 4.31 Å². The van der Waals surface area contributed by atoms with Gasteiger partial charge in [-0.3, -0.25) is 4.55 Å². The Morgan fingerprint density at radius 1 is 1.41 bits per heavy atom. The summed E-state index contributed by atoms with van der Waals surface area (Å²) in [5.74, 6) is 0.270. The smallest absolute Gasteiger partial charge is 0.234 e. The minimum atomic E-state index is -2.01. The highest BCUT2D eigenvalue weighted by atomic mass is 35.5. The number of hydrogen-bond donors (Lipinski definition) is 4. The molecule has 0 amide bonds. The van der Waals surface area contributed by atoms with Crippen LogP contribution in [-0.4, -0.2) is 68.3 Å². The molecule has 0 aromatic heterocycles. The van der Waals surface area contributed by atoms with Crippen molar-refractivity contribution < 1.29 is 18.6 Å². The third-order valence-corrected chi connectivity index (χ3v) is 6.29. The maximum Gasteiger partial charge on any atom is 0.234 e. The van der Waals surface area contributed by atoms with Crippen LogP contribution in [0.4, 0.5) is 5.69 Å². The molecular formula is C19H27ClN4O4S. The third kappa shape index (κ3) is 5.93. The Morgan fingerprint density at radius 2 is 2.10 bits per heavy atom. The van der Waals surface area contributed by atoms with Crippen LogP contribution in [0, 0.1) is 10.8 Å². The molecule has 1 heterocycles. The molecule has 160 valence electrons. The van der Waals surface area contributed by atoms with E-state index in [2.05, 4.69) is 12.2 Å². The van der Waals surface area contributed by atoms with Crippen molar-refractivity contribution in [3.05, 3.63) is 40.7 Å². The molecular weight excluding hydrogens is 416 g/mol. The maximum atomic E-state index is 11.3. The zero-order valence-corrected chi connectivity index (χ0v) is 17.9. The van der Waals surface area contributed by atoms with E-state index in [9.17, 15) is 13.9 Å². The molecule has 2 atom stereocenters. The van der Waals surface area contributed by atoms with E-state index in [0.29, 0.717) is 49.2 Å². The van der Waals surface area contributed by atoms with Crippen molar-refractivity contribution in [1.29, 1.82) is 5.41 Å². The van der Waals surface area contributed by atoms with Crippen molar-refractivity contribution in [3.63, 3.8) is 0 Å². The van der Waals surface area contributed by atoms with Gasteiger partial charge in [0, 0.05) is 48.5 Å². The number of halogens is 1. The molecule has 1 saturated carbocycles. The van der Waals surface area contributed by atoms with E-state index < -0.39 is 17.5 Å². The van der Waals surface area contributed by atoms with Gasteiger partial charge in [0.25, 0.3) is 0 Å². The summed E-state index contributed by atoms with van der Waals surface area (Å²) in [6.07, 6.45) is 2.13. The number of aliphatic hydroxyl groups is 1. The summed E-state index contributed by atoms with van der Waals surface area (Å²) in [6.45, 7) is 4.23. The second-order valence-corrected chi connectivity index (χ2v) is 9.11. The van der Waals surface area contributed by atoms with Gasteiger partial charge in [0.05, 0.1) is 12.3 Å². The highest BCUT2D eigenvalue weighted by Gasteiger charge is 2.39. The van der Waals surface area contributed by atoms with Gasteiger partial charge in [0.2, 0.25) is 11.3 Å². The second-order valence-electron chi connectivity index (χ2n) is 7.70. The fourth-order valence-corrected chi connectivity index (χ4v) is 3.77. The van der Waals surface area contributed by atoms with Gasteiger partial charge in [0.1, 0.15) is 0 Å². The zero-order chi connectivity index (χ0) is 21.0. The van der Waals surface area contributed by atoms with Gasteiger partial charge in [-0.15, -0.1) is 0 Å². The van der Waals surface area contributed by atoms with E-state index in [1.165, 1.54) is 10.5 Å². The number of anilines is 1. The second kappa shape index (κ2) is 9.44. The fourth-order valence-electron chi connectivity index (χ4n) is 3.11. The van der Waals surface area contributed by atoms with Crippen molar-refractivity contribution in [2.24, 2.45) is 5.41 Å². The molecule has 2 aliphatic rings. The minimum absolute atomic E-state index is 0.0979. The molecule has 3 rings (SSSR count). The average molecular weight is 443 g/mol. The van der Waals surface area contributed by atoms with E-state index in [-0.39, 0.29) is 11.2 Å². The van der Waals surface area contributed by atoms with Crippen molar-refractivity contribution in [2.75, 3.05) is 38.1 Å². The average Bonchev–Trinajstić information content (AvgIpc) is 3.42. The fraction of sp³-hybridized carbons (Fsp3) is 0.526. The first-order valence-electron chi connectivity index (χ1n) is 9.50. The summed E-state index contributed by atoms with van der Waals surface area (Å²) in [5.41, 5.74) is 1.19. The molecule has 29 heavy (non-hydrogen) atoms. The number of allylic oxidation sites excluding steroid dienone is 1. The molecule has 1 aliphatic carbocycles. The lowest BCUT2D eigenvalue weighted by Gasteiger charge is -2.35. The van der Waals surface area contributed by atoms with Gasteiger partial charge < -0.3 is 25.5 Å². The summed E-state index contributed by atoms with van der Waals surface area (Å²) < 4.78 is 28.0. The molecule has 0 radical (unpaired) electrons. The summed E-state index contributed by atoms with van der Waals surface area (Å²) >= 11 is 4.02. The minimum Gasteiger partial charge on any atom is -0.490 e. The normalized spacial score (nSPS) is 21.7. The number of piperazine rings is 1. The lowest BCUT2D eigenvalue weighted by molar-refractivity contribution is 0.0841. The molecule has 0 bridgehead atoms. The summed E-state index contributed by atoms with van der Waals surface area (Å²) in [6, 6.07) is 7.00. The molecule has 4 N–H and O–H groups in total. The highest BCUT2D eigenvalue weighted by Crippen LogP contribution is 2.45. The van der Waals surface area contributed by atoms with Gasteiger partial charge >= 0.3 is 0 Å². The number of aliphatic hydroxyl groups excluding tert-OH is 1. The van der Waals surface area contributed by atoms with Crippen LogP contribution in [-0.2, 0) is 16.0 Å². The van der Waals surface area contributed by atoms with Gasteiger partial charge in [0.15, 0.2) is 12.0 Å². The Morgan fingerprint density at radius 3 is 2.66 bits per heavy atom. The van der Waals surface area contributed by atoms with E-state index in [1.807, 2.05) is 4.90 Å². The van der Waals surface area contributed by atoms with E-state index >= 15 is 0 Å². The van der Waals surface area contributed by atoms with Crippen molar-refractivity contribution in [1.82, 2.24) is 9.21 Å². The monoisotopic (exact) mass is 442 g/mol. The molecule has 0 spiro atoms. The van der Waals surface area contributed by atoms with Crippen LogP contribution < -0.4 is 5.32 Å². The number of rotatable bonds is 9. The van der Waals surface area contributed by atoms with E-state index in [1.54, 1.807) is 24.3 Å². The standard InChI is InChI=1S/C19H27ClN4O4S/c1-19(5-6-19)13-28-17(18(25)22-15-4-2-3-14(20)11-15)16(12-21)23-7-9-24(10-8-23)29(26)27/h2-4,11-12,18,21-22,25H,5-10,13H2,1H3,(H,26,27)/b17-16-,21-12?. The third-order valence-electron chi connectivity index (χ3n) is 5.25. The van der Waals surface area contributed by atoms with Gasteiger partial charge in [-0.1, -0.05) is 24.6 Å². The van der Waals surface area contributed by atoms with Crippen LogP contribution in [0.15, 0.2) is 35.7 Å². The number of ether oxygens (including phenoxy) is 1. The molecule has 8 nitrogen and oxygen atoms in total. The summed E-state index contributed by atoms with van der Waals surface area (Å²) in [4.78, 5) is 1.89. The number of nitrogens with zero attached hydrogens (tertiary/aromatic N) is 2. The SMILES string of the molecule is CC1(CO/C(=C(/C=N)N2CCN(S(=O)O)CC2)C(O)Nc2cccc(Cl)c2)CC1. The highest BCUT2D eigenvalue weighted by molar-refractivity contribution is 7.76. The number of benzene rings is 1. The first-order chi connectivity index (χ1) is 13.8. The largest absolute Gasteiger partial charge is 0.490 e. The van der Waals surface area contributed by atoms with Crippen molar-refractivity contribution in [3.8, 4) is 0 Å². The zero-order valence-electron chi connectivity index (χ0n) is 16.3. The Bertz CT molecular complexity index is 794. The lowest BCUT2D eigenvalue weighted by atomic mass is 10.1. The Balaban J connectivity index is 1.81. The predicted molar refractivity (Wildman–Crippen MR) is 114 cm³/mol. The molecule has 1 aromatic rings. The van der Waals surface area contributed by atoms with E-state index in [0.717, 1.165) is 12.8 Å². The Labute approximate surface area is 178 Å². The maximum absolute atomic E-state index is 11.3. The van der Waals surface area contributed by atoms with Crippen LogP contribution >= 0.6 is 11.6 Å². The van der Waals surface area contributed by atoms with Crippen LogP contribution in [0.1, 0.15) is 19.8 Å². The topological polar surface area (TPSA) is 109 Å². The van der Waals surface area contributed by atoms with Gasteiger partial charge in [-0.05, 0) is 31.0 Å². The van der Waals surface area contributed by atoms with Crippen molar-refractivity contribution >= 4 is 34.8 Å². The quantitative estimate of drug-likeness (QED) is 0.202. The van der Waals surface area contributed by atoms with Crippen LogP contribution in [0.25, 0.3) is 0 Å². The summed E-state index contributed by atoms with van der Waals surface area (Å²) in [7, 11) is 0. The lowest BCUT2D eigenvalue weighted by Crippen LogP contribution is -2.47. The number of nitrogens with one attached hydrogen (secondary N) is 2. The number of hydrogen-bond acceptors (Lipinski definition) is 6. The molecule has 1 aliphatic heterocycles. The molecule has 10 heteroatoms. The van der Waals surface area contributed by atoms with Crippen molar-refractivity contribution in [2.45, 2.75) is 26.0 Å². The Kier molecular flexibility index (Phi) is 7.18. The van der Waals surface area contributed by atoms with Gasteiger partial charge in [-0.25, -0.2) is 4.21 Å². The first kappa shape index (κ1) is 22.0. The summed E-state index contributed by atoms with van der Waals surface area (Å²) in [5, 5.41) is 22.3. The van der Waals surface area contributed by atoms with E-state index in [4.69, 9.17) is 21.7 Å². The molecule has 2 unspecified atom stereocenters. The Hall–Kier alpha value is -1.65. The molecule has 1 saturated heterocycles. The molecule has 1 aromatic carbocycles. The predicted octanol–water partition coefficient (Wildman–Crippen LogP) is 2.50. The van der Waals surface area contributed by atoms with Crippen LogP contribution in [0.3, 0.4) is 0 Å². The van der Waals surface area contributed by atoms with Crippen LogP contribution in [0.2, 0.25) is 5.02 Å². The first-order valence-corrected chi connectivity index (χ1v) is 10.9.